The molecule has 0 bridgehead atoms. The van der Waals surface area contributed by atoms with E-state index in [1.54, 1.807) is 0 Å². The van der Waals surface area contributed by atoms with Gasteiger partial charge < -0.3 is 10.2 Å². The van der Waals surface area contributed by atoms with Crippen LogP contribution in [0.25, 0.3) is 11.1 Å². The summed E-state index contributed by atoms with van der Waals surface area (Å²) in [5, 5.41) is 4.40. The molecule has 0 atom stereocenters. The van der Waals surface area contributed by atoms with Gasteiger partial charge in [0.1, 0.15) is 11.2 Å². The zero-order valence-corrected chi connectivity index (χ0v) is 11.5. The lowest BCUT2D eigenvalue weighted by Crippen LogP contribution is -2.11. The van der Waals surface area contributed by atoms with E-state index in [0.29, 0.717) is 0 Å². The van der Waals surface area contributed by atoms with E-state index in [0.717, 1.165) is 23.5 Å². The number of amides is 1. The molecule has 1 aromatic carbocycles. The van der Waals surface area contributed by atoms with E-state index in [-0.39, 0.29) is 27.9 Å². The quantitative estimate of drug-likeness (QED) is 0.770. The van der Waals surface area contributed by atoms with Gasteiger partial charge in [0.25, 0.3) is 5.91 Å². The normalized spacial score (nSPS) is 11.8. The number of nitrogens with one attached hydrogen (secondary N) is 1. The fourth-order valence-corrected chi connectivity index (χ4v) is 2.38. The Kier molecular flexibility index (Phi) is 3.24. The molecule has 2 aromatic heterocycles. The van der Waals surface area contributed by atoms with Gasteiger partial charge in [0, 0.05) is 5.38 Å². The number of nitrogens with two attached hydrogens (primary N) is 1. The van der Waals surface area contributed by atoms with Crippen LogP contribution in [-0.4, -0.2) is 15.9 Å². The third kappa shape index (κ3) is 2.72. The van der Waals surface area contributed by atoms with Crippen molar-refractivity contribution < 1.29 is 22.4 Å². The minimum atomic E-state index is -4.45. The highest BCUT2D eigenvalue weighted by molar-refractivity contribution is 7.14. The number of rotatable bonds is 3. The van der Waals surface area contributed by atoms with E-state index in [9.17, 15) is 18.0 Å². The molecule has 0 unspecified atom stereocenters. The number of primary amides is 1. The second kappa shape index (κ2) is 4.98. The largest absolute Gasteiger partial charge is 0.423 e. The van der Waals surface area contributed by atoms with E-state index in [1.807, 2.05) is 0 Å². The third-order valence-electron chi connectivity index (χ3n) is 2.69. The minimum absolute atomic E-state index is 0.0281. The molecule has 1 amide bonds. The topological polar surface area (TPSA) is 94.0 Å². The number of oxazole rings is 1. The number of nitrogens with zero attached hydrogens (tertiary/aromatic N) is 2. The fraction of sp³-hybridized carbons (Fsp3) is 0.0833. The number of carbonyl (C=O) groups excluding carboxylic acids is 1. The molecule has 0 aliphatic heterocycles. The van der Waals surface area contributed by atoms with Crippen molar-refractivity contribution in [2.45, 2.75) is 6.18 Å². The summed E-state index contributed by atoms with van der Waals surface area (Å²) >= 11 is 1.09. The van der Waals surface area contributed by atoms with Gasteiger partial charge in [-0.3, -0.25) is 10.1 Å². The van der Waals surface area contributed by atoms with E-state index in [4.69, 9.17) is 10.2 Å². The maximum atomic E-state index is 12.6. The molecule has 22 heavy (non-hydrogen) atoms. The lowest BCUT2D eigenvalue weighted by Gasteiger charge is -2.04. The summed E-state index contributed by atoms with van der Waals surface area (Å²) in [4.78, 5) is 18.7. The summed E-state index contributed by atoms with van der Waals surface area (Å²) < 4.78 is 43.1. The average molecular weight is 328 g/mol. The molecule has 0 fully saturated rings. The fourth-order valence-electron chi connectivity index (χ4n) is 1.69. The average Bonchev–Trinajstić information content (AvgIpc) is 3.03. The molecule has 2 heterocycles. The molecular formula is C12H7F3N4O2S. The molecule has 3 rings (SSSR count). The van der Waals surface area contributed by atoms with Crippen LogP contribution in [0.3, 0.4) is 0 Å². The maximum absolute atomic E-state index is 12.6. The lowest BCUT2D eigenvalue weighted by molar-refractivity contribution is -0.137. The van der Waals surface area contributed by atoms with Gasteiger partial charge in [-0.25, -0.2) is 4.98 Å². The first kappa shape index (κ1) is 14.3. The Morgan fingerprint density at radius 3 is 2.73 bits per heavy atom. The van der Waals surface area contributed by atoms with Crippen LogP contribution in [0, 0.1) is 0 Å². The zero-order chi connectivity index (χ0) is 15.9. The number of aromatic nitrogens is 2. The summed E-state index contributed by atoms with van der Waals surface area (Å²) in [6.45, 7) is 0. The van der Waals surface area contributed by atoms with Gasteiger partial charge in [0.05, 0.1) is 5.56 Å². The SMILES string of the molecule is NC(=O)c1csc(Nc2nc3cc(C(F)(F)F)ccc3o2)n1. The van der Waals surface area contributed by atoms with Crippen molar-refractivity contribution >= 4 is 39.5 Å². The molecule has 0 saturated carbocycles. The number of fused-ring (bicyclic) bond motifs is 1. The van der Waals surface area contributed by atoms with Gasteiger partial charge in [-0.2, -0.15) is 18.2 Å². The first-order valence-electron chi connectivity index (χ1n) is 5.83. The number of anilines is 2. The number of alkyl halides is 3. The molecule has 10 heteroatoms. The van der Waals surface area contributed by atoms with Gasteiger partial charge in [-0.05, 0) is 18.2 Å². The molecule has 0 aliphatic carbocycles. The van der Waals surface area contributed by atoms with Crippen LogP contribution in [0.15, 0.2) is 28.0 Å². The minimum Gasteiger partial charge on any atom is -0.423 e. The summed E-state index contributed by atoms with van der Waals surface area (Å²) in [5.74, 6) is -0.684. The van der Waals surface area contributed by atoms with Crippen molar-refractivity contribution in [3.05, 3.63) is 34.8 Å². The van der Waals surface area contributed by atoms with Gasteiger partial charge >= 0.3 is 12.2 Å². The van der Waals surface area contributed by atoms with Crippen molar-refractivity contribution in [2.24, 2.45) is 5.73 Å². The van der Waals surface area contributed by atoms with Crippen LogP contribution in [0.1, 0.15) is 16.1 Å². The van der Waals surface area contributed by atoms with Crippen LogP contribution < -0.4 is 11.1 Å². The Morgan fingerprint density at radius 1 is 1.32 bits per heavy atom. The van der Waals surface area contributed by atoms with Gasteiger partial charge in [0.15, 0.2) is 10.7 Å². The maximum Gasteiger partial charge on any atom is 0.416 e. The highest BCUT2D eigenvalue weighted by Gasteiger charge is 2.31. The molecule has 114 valence electrons. The van der Waals surface area contributed by atoms with Crippen LogP contribution in [0.4, 0.5) is 24.3 Å². The Morgan fingerprint density at radius 2 is 2.09 bits per heavy atom. The Labute approximate surface area is 124 Å². The van der Waals surface area contributed by atoms with Crippen molar-refractivity contribution in [3.63, 3.8) is 0 Å². The van der Waals surface area contributed by atoms with Gasteiger partial charge in [-0.1, -0.05) is 0 Å². The lowest BCUT2D eigenvalue weighted by atomic mass is 10.2. The molecule has 3 N–H and O–H groups in total. The predicted molar refractivity (Wildman–Crippen MR) is 72.9 cm³/mol. The van der Waals surface area contributed by atoms with Crippen LogP contribution in [0.5, 0.6) is 0 Å². The smallest absolute Gasteiger partial charge is 0.416 e. The van der Waals surface area contributed by atoms with E-state index >= 15 is 0 Å². The Bertz CT molecular complexity index is 856. The first-order valence-corrected chi connectivity index (χ1v) is 6.71. The van der Waals surface area contributed by atoms with Crippen LogP contribution >= 0.6 is 11.3 Å². The molecule has 3 aromatic rings. The highest BCUT2D eigenvalue weighted by Crippen LogP contribution is 2.32. The first-order chi connectivity index (χ1) is 10.3. The Balaban J connectivity index is 1.89. The summed E-state index contributed by atoms with van der Waals surface area (Å²) in [5.41, 5.74) is 4.58. The monoisotopic (exact) mass is 328 g/mol. The molecule has 0 saturated heterocycles. The summed E-state index contributed by atoms with van der Waals surface area (Å²) in [6, 6.07) is 2.96. The van der Waals surface area contributed by atoms with Crippen LogP contribution in [-0.2, 0) is 6.18 Å². The summed E-state index contributed by atoms with van der Waals surface area (Å²) in [6.07, 6.45) is -4.45. The predicted octanol–water partition coefficient (Wildman–Crippen LogP) is 3.15. The standard InChI is InChI=1S/C12H7F3N4O2S/c13-12(14,15)5-1-2-8-6(3-5)17-10(21-8)19-11-18-7(4-22-11)9(16)20/h1-4H,(H2,16,20)(H,17,18,19). The van der Waals surface area contributed by atoms with Crippen molar-refractivity contribution in [1.29, 1.82) is 0 Å². The molecule has 0 aliphatic rings. The van der Waals surface area contributed by atoms with Crippen molar-refractivity contribution in [2.75, 3.05) is 5.32 Å². The van der Waals surface area contributed by atoms with Gasteiger partial charge in [0.2, 0.25) is 0 Å². The second-order valence-corrected chi connectivity index (χ2v) is 5.08. The Hall–Kier alpha value is -2.62. The molecular weight excluding hydrogens is 321 g/mol. The number of hydrogen-bond donors (Lipinski definition) is 2. The second-order valence-electron chi connectivity index (χ2n) is 4.23. The van der Waals surface area contributed by atoms with Crippen molar-refractivity contribution in [3.8, 4) is 0 Å². The van der Waals surface area contributed by atoms with E-state index < -0.39 is 17.6 Å². The molecule has 0 spiro atoms. The number of benzene rings is 1. The summed E-state index contributed by atoms with van der Waals surface area (Å²) in [7, 11) is 0. The number of hydrogen-bond acceptors (Lipinski definition) is 6. The number of halogens is 3. The zero-order valence-electron chi connectivity index (χ0n) is 10.6. The van der Waals surface area contributed by atoms with Gasteiger partial charge in [-0.15, -0.1) is 11.3 Å². The molecule has 0 radical (unpaired) electrons. The molecule has 6 nitrogen and oxygen atoms in total. The van der Waals surface area contributed by atoms with Crippen molar-refractivity contribution in [1.82, 2.24) is 9.97 Å². The third-order valence-corrected chi connectivity index (χ3v) is 3.44. The number of carbonyl (C=O) groups is 1. The number of thiazole rings is 1. The van der Waals surface area contributed by atoms with Crippen LogP contribution in [0.2, 0.25) is 0 Å². The highest BCUT2D eigenvalue weighted by atomic mass is 32.1. The van der Waals surface area contributed by atoms with E-state index in [1.165, 1.54) is 11.4 Å². The van der Waals surface area contributed by atoms with E-state index in [2.05, 4.69) is 15.3 Å².